The van der Waals surface area contributed by atoms with E-state index < -0.39 is 8.07 Å². The largest absolute Gasteiger partial charge is 0.228 e. The van der Waals surface area contributed by atoms with E-state index in [4.69, 9.17) is 0 Å². The van der Waals surface area contributed by atoms with E-state index in [0.29, 0.717) is 0 Å². The second-order valence-corrected chi connectivity index (χ2v) is 9.70. The monoisotopic (exact) mass is 183 g/mol. The highest BCUT2D eigenvalue weighted by molar-refractivity contribution is 6.75. The first kappa shape index (κ1) is 9.39. The van der Waals surface area contributed by atoms with Crippen LogP contribution in [-0.4, -0.2) is 13.1 Å². The van der Waals surface area contributed by atoms with Crippen LogP contribution < -0.4 is 0 Å². The van der Waals surface area contributed by atoms with Gasteiger partial charge in [-0.3, -0.25) is 0 Å². The lowest BCUT2D eigenvalue weighted by atomic mass is 10.3. The summed E-state index contributed by atoms with van der Waals surface area (Å²) in [6.45, 7) is 6.81. The van der Waals surface area contributed by atoms with Crippen molar-refractivity contribution in [3.05, 3.63) is 29.8 Å². The second kappa shape index (κ2) is 3.35. The molecule has 1 nitrogen and oxygen atoms in total. The lowest BCUT2D eigenvalue weighted by Gasteiger charge is -2.15. The standard InChI is InChI=1S/C9H14FNSi/c1-12(2,3)7-8-4-5-11-9(10)6-8/h4-6H,7H2,1-3H3. The third-order valence-electron chi connectivity index (χ3n) is 1.53. The van der Waals surface area contributed by atoms with Crippen molar-refractivity contribution in [1.82, 2.24) is 4.98 Å². The van der Waals surface area contributed by atoms with E-state index in [1.165, 1.54) is 12.3 Å². The SMILES string of the molecule is C[Si](C)(C)Cc1ccnc(F)c1. The molecule has 0 aliphatic rings. The van der Waals surface area contributed by atoms with Gasteiger partial charge in [0.15, 0.2) is 0 Å². The molecule has 0 aromatic carbocycles. The zero-order valence-electron chi connectivity index (χ0n) is 7.76. The van der Waals surface area contributed by atoms with E-state index in [9.17, 15) is 4.39 Å². The summed E-state index contributed by atoms with van der Waals surface area (Å²) in [4.78, 5) is 3.52. The van der Waals surface area contributed by atoms with Crippen LogP contribution >= 0.6 is 0 Å². The van der Waals surface area contributed by atoms with Gasteiger partial charge in [0.1, 0.15) is 0 Å². The van der Waals surface area contributed by atoms with E-state index >= 15 is 0 Å². The Bertz CT molecular complexity index is 267. The molecule has 1 rings (SSSR count). The average Bonchev–Trinajstić information content (AvgIpc) is 1.82. The highest BCUT2D eigenvalue weighted by Crippen LogP contribution is 2.11. The third-order valence-corrected chi connectivity index (χ3v) is 2.99. The molecule has 0 aliphatic heterocycles. The Morgan fingerprint density at radius 3 is 2.58 bits per heavy atom. The molecule has 0 N–H and O–H groups in total. The lowest BCUT2D eigenvalue weighted by molar-refractivity contribution is 0.582. The molecular weight excluding hydrogens is 169 g/mol. The third kappa shape index (κ3) is 3.13. The fraction of sp³-hybridized carbons (Fsp3) is 0.444. The number of hydrogen-bond acceptors (Lipinski definition) is 1. The first-order valence-electron chi connectivity index (χ1n) is 4.08. The van der Waals surface area contributed by atoms with E-state index in [2.05, 4.69) is 24.6 Å². The van der Waals surface area contributed by atoms with Crippen molar-refractivity contribution in [2.45, 2.75) is 25.7 Å². The van der Waals surface area contributed by atoms with Crippen molar-refractivity contribution in [1.29, 1.82) is 0 Å². The van der Waals surface area contributed by atoms with Gasteiger partial charge in [-0.05, 0) is 23.7 Å². The van der Waals surface area contributed by atoms with Gasteiger partial charge in [-0.15, -0.1) is 0 Å². The molecule has 0 saturated heterocycles. The second-order valence-electron chi connectivity index (χ2n) is 4.22. The van der Waals surface area contributed by atoms with Crippen LogP contribution in [0.25, 0.3) is 0 Å². The number of aromatic nitrogens is 1. The maximum Gasteiger partial charge on any atom is 0.213 e. The Balaban J connectivity index is 2.77. The molecule has 1 aromatic rings. The lowest BCUT2D eigenvalue weighted by Crippen LogP contribution is -2.23. The van der Waals surface area contributed by atoms with Gasteiger partial charge >= 0.3 is 0 Å². The topological polar surface area (TPSA) is 12.9 Å². The van der Waals surface area contributed by atoms with Crippen molar-refractivity contribution >= 4 is 8.07 Å². The van der Waals surface area contributed by atoms with Gasteiger partial charge in [-0.1, -0.05) is 19.6 Å². The Morgan fingerprint density at radius 1 is 1.42 bits per heavy atom. The zero-order chi connectivity index (χ0) is 9.19. The van der Waals surface area contributed by atoms with E-state index in [1.807, 2.05) is 6.07 Å². The van der Waals surface area contributed by atoms with Gasteiger partial charge < -0.3 is 0 Å². The molecule has 1 aromatic heterocycles. The summed E-state index contributed by atoms with van der Waals surface area (Å²) in [6, 6.07) is 4.44. The van der Waals surface area contributed by atoms with Crippen LogP contribution in [0.1, 0.15) is 5.56 Å². The molecule has 0 aliphatic carbocycles. The van der Waals surface area contributed by atoms with Crippen LogP contribution in [0.3, 0.4) is 0 Å². The van der Waals surface area contributed by atoms with Crippen LogP contribution in [0, 0.1) is 5.95 Å². The molecule has 3 heteroatoms. The molecule has 0 unspecified atom stereocenters. The summed E-state index contributed by atoms with van der Waals surface area (Å²) in [5.74, 6) is -0.370. The normalized spacial score (nSPS) is 11.7. The first-order valence-corrected chi connectivity index (χ1v) is 7.78. The maximum absolute atomic E-state index is 12.6. The predicted molar refractivity (Wildman–Crippen MR) is 51.2 cm³/mol. The molecule has 0 fully saturated rings. The highest BCUT2D eigenvalue weighted by Gasteiger charge is 2.13. The summed E-state index contributed by atoms with van der Waals surface area (Å²) in [5, 5.41) is 0. The van der Waals surface area contributed by atoms with E-state index in [1.54, 1.807) is 0 Å². The molecule has 1 heterocycles. The van der Waals surface area contributed by atoms with Gasteiger partial charge in [0.05, 0.1) is 0 Å². The Labute approximate surface area is 73.7 Å². The molecule has 66 valence electrons. The summed E-state index contributed by atoms with van der Waals surface area (Å²) in [5.41, 5.74) is 1.07. The fourth-order valence-electron chi connectivity index (χ4n) is 1.16. The van der Waals surface area contributed by atoms with Gasteiger partial charge in [0.2, 0.25) is 5.95 Å². The Morgan fingerprint density at radius 2 is 2.08 bits per heavy atom. The van der Waals surface area contributed by atoms with Crippen LogP contribution in [0.5, 0.6) is 0 Å². The van der Waals surface area contributed by atoms with Crippen molar-refractivity contribution in [2.75, 3.05) is 0 Å². The number of halogens is 1. The van der Waals surface area contributed by atoms with Gasteiger partial charge in [-0.25, -0.2) is 4.98 Å². The van der Waals surface area contributed by atoms with Crippen molar-refractivity contribution in [3.8, 4) is 0 Å². The predicted octanol–water partition coefficient (Wildman–Crippen LogP) is 2.64. The Hall–Kier alpha value is -0.703. The summed E-state index contributed by atoms with van der Waals surface area (Å²) < 4.78 is 12.6. The molecule has 12 heavy (non-hydrogen) atoms. The van der Waals surface area contributed by atoms with Gasteiger partial charge in [-0.2, -0.15) is 4.39 Å². The highest BCUT2D eigenvalue weighted by atomic mass is 28.3. The van der Waals surface area contributed by atoms with E-state index in [0.717, 1.165) is 11.6 Å². The number of hydrogen-bond donors (Lipinski definition) is 0. The van der Waals surface area contributed by atoms with Crippen LogP contribution in [0.15, 0.2) is 18.3 Å². The molecule has 0 spiro atoms. The molecule has 0 atom stereocenters. The Kier molecular flexibility index (Phi) is 2.62. The summed E-state index contributed by atoms with van der Waals surface area (Å²) in [7, 11) is -1.12. The van der Waals surface area contributed by atoms with Gasteiger partial charge in [0, 0.05) is 14.3 Å². The van der Waals surface area contributed by atoms with Crippen LogP contribution in [-0.2, 0) is 6.04 Å². The number of pyridine rings is 1. The zero-order valence-corrected chi connectivity index (χ0v) is 8.76. The van der Waals surface area contributed by atoms with Crippen LogP contribution in [0.4, 0.5) is 4.39 Å². The maximum atomic E-state index is 12.6. The number of nitrogens with zero attached hydrogens (tertiary/aromatic N) is 1. The summed E-state index contributed by atoms with van der Waals surface area (Å²) in [6.07, 6.45) is 1.53. The molecular formula is C9H14FNSi. The van der Waals surface area contributed by atoms with Crippen molar-refractivity contribution in [2.24, 2.45) is 0 Å². The fourth-order valence-corrected chi connectivity index (χ4v) is 2.61. The van der Waals surface area contributed by atoms with Crippen LogP contribution in [0.2, 0.25) is 19.6 Å². The van der Waals surface area contributed by atoms with E-state index in [-0.39, 0.29) is 5.95 Å². The molecule has 0 saturated carbocycles. The first-order chi connectivity index (χ1) is 5.47. The molecule has 0 bridgehead atoms. The average molecular weight is 183 g/mol. The minimum absolute atomic E-state index is 0.370. The van der Waals surface area contributed by atoms with Gasteiger partial charge in [0.25, 0.3) is 0 Å². The molecule has 0 radical (unpaired) electrons. The smallest absolute Gasteiger partial charge is 0.213 e. The van der Waals surface area contributed by atoms with Crippen molar-refractivity contribution < 1.29 is 4.39 Å². The summed E-state index contributed by atoms with van der Waals surface area (Å²) >= 11 is 0. The number of rotatable bonds is 2. The minimum atomic E-state index is -1.12. The van der Waals surface area contributed by atoms with Crippen molar-refractivity contribution in [3.63, 3.8) is 0 Å². The quantitative estimate of drug-likeness (QED) is 0.507. The molecule has 0 amide bonds. The minimum Gasteiger partial charge on any atom is -0.228 e.